The van der Waals surface area contributed by atoms with Crippen molar-refractivity contribution in [3.05, 3.63) is 48.6 Å². The summed E-state index contributed by atoms with van der Waals surface area (Å²) in [5, 5.41) is 9.23. The molecular formula is C12H11F3O3. The molecule has 0 radical (unpaired) electrons. The number of benzene rings is 1. The van der Waals surface area contributed by atoms with E-state index in [-0.39, 0.29) is 5.56 Å². The smallest absolute Gasteiger partial charge is 0.424 e. The van der Waals surface area contributed by atoms with E-state index in [9.17, 15) is 23.1 Å². The Morgan fingerprint density at radius 1 is 1.33 bits per heavy atom. The van der Waals surface area contributed by atoms with Crippen LogP contribution < -0.4 is 0 Å². The summed E-state index contributed by atoms with van der Waals surface area (Å²) in [6, 6.07) is 7.51. The maximum Gasteiger partial charge on any atom is 0.424 e. The number of carbonyl (C=O) groups is 1. The van der Waals surface area contributed by atoms with Crippen molar-refractivity contribution >= 4 is 5.97 Å². The van der Waals surface area contributed by atoms with Crippen LogP contribution in [0, 0.1) is 0 Å². The van der Waals surface area contributed by atoms with Crippen molar-refractivity contribution in [1.29, 1.82) is 0 Å². The molecule has 0 saturated heterocycles. The van der Waals surface area contributed by atoms with Gasteiger partial charge in [-0.2, -0.15) is 13.2 Å². The number of rotatable bonds is 4. The quantitative estimate of drug-likeness (QED) is 0.667. The molecule has 0 amide bonds. The van der Waals surface area contributed by atoms with Gasteiger partial charge in [0.05, 0.1) is 5.56 Å². The fourth-order valence-corrected chi connectivity index (χ4v) is 1.09. The molecule has 6 heteroatoms. The Kier molecular flexibility index (Phi) is 4.13. The topological polar surface area (TPSA) is 46.5 Å². The molecule has 1 N–H and O–H groups in total. The standard InChI is InChI=1S/C12H11F3O3/c1-2-11(17,12(13,14)15)8-18-10(16)9-6-4-3-5-7-9/h2-7,17H,1,8H2/t11-/m0/s1. The van der Waals surface area contributed by atoms with Gasteiger partial charge in [0.25, 0.3) is 0 Å². The summed E-state index contributed by atoms with van der Waals surface area (Å²) in [5.74, 6) is -0.944. The summed E-state index contributed by atoms with van der Waals surface area (Å²) < 4.78 is 41.8. The molecule has 0 aliphatic carbocycles. The normalized spacial score (nSPS) is 14.7. The summed E-state index contributed by atoms with van der Waals surface area (Å²) >= 11 is 0. The molecule has 0 heterocycles. The molecule has 0 saturated carbocycles. The van der Waals surface area contributed by atoms with Gasteiger partial charge in [-0.1, -0.05) is 24.8 Å². The highest BCUT2D eigenvalue weighted by Crippen LogP contribution is 2.31. The molecule has 0 aliphatic heterocycles. The number of carbonyl (C=O) groups excluding carboxylic acids is 1. The molecule has 0 fully saturated rings. The van der Waals surface area contributed by atoms with Crippen LogP contribution in [0.25, 0.3) is 0 Å². The van der Waals surface area contributed by atoms with Crippen LogP contribution in [0.3, 0.4) is 0 Å². The molecule has 1 aromatic carbocycles. The minimum atomic E-state index is -4.95. The van der Waals surface area contributed by atoms with Crippen LogP contribution in [-0.2, 0) is 4.74 Å². The molecule has 0 spiro atoms. The van der Waals surface area contributed by atoms with E-state index in [4.69, 9.17) is 0 Å². The highest BCUT2D eigenvalue weighted by atomic mass is 19.4. The van der Waals surface area contributed by atoms with Crippen molar-refractivity contribution in [2.24, 2.45) is 0 Å². The Bertz CT molecular complexity index is 428. The molecule has 0 aliphatic rings. The number of halogens is 3. The van der Waals surface area contributed by atoms with Crippen molar-refractivity contribution in [1.82, 2.24) is 0 Å². The first-order valence-electron chi connectivity index (χ1n) is 4.95. The first-order chi connectivity index (χ1) is 8.30. The molecule has 0 aromatic heterocycles. The predicted octanol–water partition coefficient (Wildman–Crippen LogP) is 2.32. The van der Waals surface area contributed by atoms with E-state index in [0.717, 1.165) is 0 Å². The molecule has 3 nitrogen and oxygen atoms in total. The lowest BCUT2D eigenvalue weighted by molar-refractivity contribution is -0.249. The van der Waals surface area contributed by atoms with Gasteiger partial charge in [-0.3, -0.25) is 0 Å². The zero-order valence-electron chi connectivity index (χ0n) is 9.28. The van der Waals surface area contributed by atoms with Crippen molar-refractivity contribution < 1.29 is 27.8 Å². The maximum absolute atomic E-state index is 12.4. The Morgan fingerprint density at radius 2 is 1.89 bits per heavy atom. The molecular weight excluding hydrogens is 249 g/mol. The fourth-order valence-electron chi connectivity index (χ4n) is 1.09. The number of hydrogen-bond acceptors (Lipinski definition) is 3. The second-order valence-corrected chi connectivity index (χ2v) is 3.57. The van der Waals surface area contributed by atoms with Crippen LogP contribution in [0.2, 0.25) is 0 Å². The highest BCUT2D eigenvalue weighted by Gasteiger charge is 2.52. The number of esters is 1. The molecule has 0 unspecified atom stereocenters. The summed E-state index contributed by atoms with van der Waals surface area (Å²) in [7, 11) is 0. The van der Waals surface area contributed by atoms with Gasteiger partial charge in [0, 0.05) is 0 Å². The van der Waals surface area contributed by atoms with Crippen molar-refractivity contribution in [2.75, 3.05) is 6.61 Å². The minimum Gasteiger partial charge on any atom is -0.458 e. The molecule has 1 rings (SSSR count). The lowest BCUT2D eigenvalue weighted by Crippen LogP contribution is -2.47. The van der Waals surface area contributed by atoms with E-state index in [2.05, 4.69) is 11.3 Å². The average molecular weight is 260 g/mol. The zero-order valence-corrected chi connectivity index (χ0v) is 9.28. The third kappa shape index (κ3) is 3.10. The highest BCUT2D eigenvalue weighted by molar-refractivity contribution is 5.89. The van der Waals surface area contributed by atoms with Crippen LogP contribution in [0.4, 0.5) is 13.2 Å². The SMILES string of the molecule is C=C[C@](O)(COC(=O)c1ccccc1)C(F)(F)F. The van der Waals surface area contributed by atoms with Crippen LogP contribution in [0.5, 0.6) is 0 Å². The molecule has 18 heavy (non-hydrogen) atoms. The van der Waals surface area contributed by atoms with E-state index in [1.54, 1.807) is 18.2 Å². The first kappa shape index (κ1) is 14.2. The monoisotopic (exact) mass is 260 g/mol. The lowest BCUT2D eigenvalue weighted by atomic mass is 10.1. The van der Waals surface area contributed by atoms with Crippen LogP contribution in [0.15, 0.2) is 43.0 Å². The van der Waals surface area contributed by atoms with Gasteiger partial charge in [-0.05, 0) is 18.2 Å². The first-order valence-corrected chi connectivity index (χ1v) is 4.95. The van der Waals surface area contributed by atoms with E-state index in [0.29, 0.717) is 6.08 Å². The van der Waals surface area contributed by atoms with Gasteiger partial charge in [-0.25, -0.2) is 4.79 Å². The zero-order chi connectivity index (χ0) is 13.8. The van der Waals surface area contributed by atoms with Crippen molar-refractivity contribution in [2.45, 2.75) is 11.8 Å². The van der Waals surface area contributed by atoms with Gasteiger partial charge in [0.2, 0.25) is 5.60 Å². The minimum absolute atomic E-state index is 0.103. The van der Waals surface area contributed by atoms with E-state index >= 15 is 0 Å². The van der Waals surface area contributed by atoms with Crippen molar-refractivity contribution in [3.63, 3.8) is 0 Å². The van der Waals surface area contributed by atoms with E-state index in [1.165, 1.54) is 12.1 Å². The lowest BCUT2D eigenvalue weighted by Gasteiger charge is -2.26. The van der Waals surface area contributed by atoms with Gasteiger partial charge in [-0.15, -0.1) is 0 Å². The molecule has 98 valence electrons. The number of ether oxygens (including phenoxy) is 1. The Labute approximate surface area is 101 Å². The van der Waals surface area contributed by atoms with E-state index in [1.807, 2.05) is 0 Å². The number of alkyl halides is 3. The Balaban J connectivity index is 2.71. The molecule has 0 bridgehead atoms. The summed E-state index contributed by atoms with van der Waals surface area (Å²) in [4.78, 5) is 11.4. The second kappa shape index (κ2) is 5.22. The number of aliphatic hydroxyl groups is 1. The van der Waals surface area contributed by atoms with Gasteiger partial charge >= 0.3 is 12.1 Å². The maximum atomic E-state index is 12.4. The fraction of sp³-hybridized carbons (Fsp3) is 0.250. The third-order valence-electron chi connectivity index (χ3n) is 2.26. The van der Waals surface area contributed by atoms with Gasteiger partial charge in [0.1, 0.15) is 6.61 Å². The Morgan fingerprint density at radius 3 is 2.33 bits per heavy atom. The van der Waals surface area contributed by atoms with Crippen LogP contribution in [0.1, 0.15) is 10.4 Å². The van der Waals surface area contributed by atoms with Gasteiger partial charge in [0.15, 0.2) is 0 Å². The van der Waals surface area contributed by atoms with Gasteiger partial charge < -0.3 is 9.84 Å². The summed E-state index contributed by atoms with van der Waals surface area (Å²) in [6.45, 7) is 1.66. The Hall–Kier alpha value is -1.82. The largest absolute Gasteiger partial charge is 0.458 e. The second-order valence-electron chi connectivity index (χ2n) is 3.57. The van der Waals surface area contributed by atoms with Crippen molar-refractivity contribution in [3.8, 4) is 0 Å². The summed E-state index contributed by atoms with van der Waals surface area (Å²) in [6.07, 6.45) is -4.66. The molecule has 1 aromatic rings. The number of hydrogen-bond donors (Lipinski definition) is 1. The van der Waals surface area contributed by atoms with Crippen LogP contribution >= 0.6 is 0 Å². The molecule has 1 atom stereocenters. The predicted molar refractivity (Wildman–Crippen MR) is 57.9 cm³/mol. The van der Waals surface area contributed by atoms with E-state index < -0.39 is 24.4 Å². The third-order valence-corrected chi connectivity index (χ3v) is 2.26. The summed E-state index contributed by atoms with van der Waals surface area (Å²) in [5.41, 5.74) is -3.14. The average Bonchev–Trinajstić information content (AvgIpc) is 2.35. The van der Waals surface area contributed by atoms with Crippen LogP contribution in [-0.4, -0.2) is 29.5 Å².